The molecule has 5 heteroatoms. The maximum absolute atomic E-state index is 12.0. The molecule has 1 amide bonds. The van der Waals surface area contributed by atoms with Gasteiger partial charge in [0, 0.05) is 12.7 Å². The van der Waals surface area contributed by atoms with Crippen molar-refractivity contribution in [2.24, 2.45) is 0 Å². The van der Waals surface area contributed by atoms with Crippen molar-refractivity contribution in [2.75, 3.05) is 11.9 Å². The van der Waals surface area contributed by atoms with E-state index in [9.17, 15) is 4.79 Å². The summed E-state index contributed by atoms with van der Waals surface area (Å²) in [5.41, 5.74) is 3.10. The Morgan fingerprint density at radius 1 is 1.24 bits per heavy atom. The number of benzene rings is 1. The molecule has 0 unspecified atom stereocenters. The number of amides is 1. The van der Waals surface area contributed by atoms with E-state index < -0.39 is 0 Å². The van der Waals surface area contributed by atoms with Crippen molar-refractivity contribution < 1.29 is 4.79 Å². The van der Waals surface area contributed by atoms with Gasteiger partial charge in [0.15, 0.2) is 0 Å². The van der Waals surface area contributed by atoms with E-state index in [1.54, 1.807) is 11.9 Å². The molecule has 0 bridgehead atoms. The third-order valence-corrected chi connectivity index (χ3v) is 2.52. The second-order valence-electron chi connectivity index (χ2n) is 4.04. The molecule has 0 saturated heterocycles. The van der Waals surface area contributed by atoms with Crippen LogP contribution in [-0.4, -0.2) is 28.1 Å². The summed E-state index contributed by atoms with van der Waals surface area (Å²) in [6, 6.07) is 5.98. The summed E-state index contributed by atoms with van der Waals surface area (Å²) < 4.78 is 0. The lowest BCUT2D eigenvalue weighted by atomic mass is 10.1. The first-order chi connectivity index (χ1) is 8.08. The van der Waals surface area contributed by atoms with Crippen LogP contribution in [-0.2, 0) is 0 Å². The Morgan fingerprint density at radius 2 is 1.88 bits per heavy atom. The van der Waals surface area contributed by atoms with E-state index in [1.807, 2.05) is 26.0 Å². The van der Waals surface area contributed by atoms with Crippen LogP contribution in [0.25, 0.3) is 0 Å². The Bertz CT molecular complexity index is 513. The number of aromatic nitrogens is 3. The Kier molecular flexibility index (Phi) is 2.91. The molecule has 2 rings (SSSR count). The molecule has 2 aromatic rings. The van der Waals surface area contributed by atoms with E-state index in [-0.39, 0.29) is 11.7 Å². The first-order valence-electron chi connectivity index (χ1n) is 5.29. The molecule has 0 radical (unpaired) electrons. The highest BCUT2D eigenvalue weighted by molar-refractivity contribution is 6.03. The summed E-state index contributed by atoms with van der Waals surface area (Å²) in [6.07, 6.45) is 1.32. The van der Waals surface area contributed by atoms with Crippen molar-refractivity contribution in [1.82, 2.24) is 15.2 Å². The third kappa shape index (κ3) is 2.33. The fourth-order valence-electron chi connectivity index (χ4n) is 1.73. The molecule has 0 saturated carbocycles. The Labute approximate surface area is 99.5 Å². The highest BCUT2D eigenvalue weighted by atomic mass is 16.2. The number of aromatic amines is 1. The number of carbonyl (C=O) groups is 1. The normalized spacial score (nSPS) is 10.3. The molecule has 0 spiro atoms. The van der Waals surface area contributed by atoms with Crippen LogP contribution in [0.2, 0.25) is 0 Å². The van der Waals surface area contributed by atoms with Gasteiger partial charge in [-0.05, 0) is 37.1 Å². The van der Waals surface area contributed by atoms with Crippen molar-refractivity contribution in [3.8, 4) is 0 Å². The van der Waals surface area contributed by atoms with Gasteiger partial charge in [0.1, 0.15) is 6.33 Å². The van der Waals surface area contributed by atoms with Gasteiger partial charge in [-0.15, -0.1) is 0 Å². The van der Waals surface area contributed by atoms with E-state index in [2.05, 4.69) is 21.2 Å². The minimum Gasteiger partial charge on any atom is -0.309 e. The first-order valence-corrected chi connectivity index (χ1v) is 5.29. The second kappa shape index (κ2) is 4.37. The van der Waals surface area contributed by atoms with E-state index in [0.717, 1.165) is 16.8 Å². The molecule has 1 aromatic heterocycles. The van der Waals surface area contributed by atoms with Gasteiger partial charge < -0.3 is 4.90 Å². The molecule has 5 nitrogen and oxygen atoms in total. The summed E-state index contributed by atoms with van der Waals surface area (Å²) in [7, 11) is 1.72. The van der Waals surface area contributed by atoms with E-state index in [1.165, 1.54) is 6.33 Å². The average Bonchev–Trinajstić information content (AvgIpc) is 2.79. The van der Waals surface area contributed by atoms with Gasteiger partial charge >= 0.3 is 0 Å². The zero-order valence-electron chi connectivity index (χ0n) is 10.1. The van der Waals surface area contributed by atoms with Gasteiger partial charge in [0.2, 0.25) is 5.82 Å². The monoisotopic (exact) mass is 230 g/mol. The van der Waals surface area contributed by atoms with E-state index >= 15 is 0 Å². The minimum absolute atomic E-state index is 0.201. The Hall–Kier alpha value is -2.17. The number of hydrogen-bond acceptors (Lipinski definition) is 3. The molecule has 0 fully saturated rings. The lowest BCUT2D eigenvalue weighted by molar-refractivity contribution is 0.0983. The zero-order valence-corrected chi connectivity index (χ0v) is 10.1. The van der Waals surface area contributed by atoms with Gasteiger partial charge in [-0.25, -0.2) is 4.98 Å². The molecule has 88 valence electrons. The standard InChI is InChI=1S/C12H14N4O/c1-8-4-9(2)6-10(5-8)16(3)12(17)11-13-7-14-15-11/h4-7H,1-3H3,(H,13,14,15). The highest BCUT2D eigenvalue weighted by Crippen LogP contribution is 2.18. The average molecular weight is 230 g/mol. The summed E-state index contributed by atoms with van der Waals surface area (Å²) >= 11 is 0. The number of aryl methyl sites for hydroxylation is 2. The van der Waals surface area contributed by atoms with Crippen LogP contribution in [0, 0.1) is 13.8 Å². The molecule has 1 aromatic carbocycles. The maximum Gasteiger partial charge on any atom is 0.295 e. The molecular formula is C12H14N4O. The van der Waals surface area contributed by atoms with Gasteiger partial charge in [-0.2, -0.15) is 5.10 Å². The smallest absolute Gasteiger partial charge is 0.295 e. The molecule has 0 aliphatic carbocycles. The number of H-pyrrole nitrogens is 1. The van der Waals surface area contributed by atoms with Gasteiger partial charge in [-0.1, -0.05) is 6.07 Å². The zero-order chi connectivity index (χ0) is 12.4. The fourth-order valence-corrected chi connectivity index (χ4v) is 1.73. The van der Waals surface area contributed by atoms with Crippen LogP contribution < -0.4 is 4.90 Å². The predicted octanol–water partition coefficient (Wildman–Crippen LogP) is 1.70. The number of nitrogens with one attached hydrogen (secondary N) is 1. The Morgan fingerprint density at radius 3 is 2.41 bits per heavy atom. The predicted molar refractivity (Wildman–Crippen MR) is 65.0 cm³/mol. The molecular weight excluding hydrogens is 216 g/mol. The molecule has 1 N–H and O–H groups in total. The van der Waals surface area contributed by atoms with Crippen LogP contribution in [0.5, 0.6) is 0 Å². The number of nitrogens with zero attached hydrogens (tertiary/aromatic N) is 3. The van der Waals surface area contributed by atoms with Crippen molar-refractivity contribution in [2.45, 2.75) is 13.8 Å². The SMILES string of the molecule is Cc1cc(C)cc(N(C)C(=O)c2ncn[nH]2)c1. The van der Waals surface area contributed by atoms with Crippen molar-refractivity contribution in [3.63, 3.8) is 0 Å². The molecule has 0 aliphatic heterocycles. The topological polar surface area (TPSA) is 61.9 Å². The molecule has 17 heavy (non-hydrogen) atoms. The van der Waals surface area contributed by atoms with Crippen molar-refractivity contribution in [1.29, 1.82) is 0 Å². The summed E-state index contributed by atoms with van der Waals surface area (Å²) in [5, 5.41) is 6.24. The van der Waals surface area contributed by atoms with Crippen molar-refractivity contribution in [3.05, 3.63) is 41.5 Å². The molecule has 1 heterocycles. The lowest BCUT2D eigenvalue weighted by Gasteiger charge is -2.17. The second-order valence-corrected chi connectivity index (χ2v) is 4.04. The summed E-state index contributed by atoms with van der Waals surface area (Å²) in [6.45, 7) is 4.01. The number of hydrogen-bond donors (Lipinski definition) is 1. The number of anilines is 1. The quantitative estimate of drug-likeness (QED) is 0.854. The van der Waals surface area contributed by atoms with Gasteiger partial charge in [0.25, 0.3) is 5.91 Å². The molecule has 0 aliphatic rings. The van der Waals surface area contributed by atoms with Gasteiger partial charge in [-0.3, -0.25) is 9.89 Å². The minimum atomic E-state index is -0.201. The Balaban J connectivity index is 2.31. The number of carbonyl (C=O) groups excluding carboxylic acids is 1. The van der Waals surface area contributed by atoms with E-state index in [4.69, 9.17) is 0 Å². The van der Waals surface area contributed by atoms with Crippen LogP contribution in [0.15, 0.2) is 24.5 Å². The fraction of sp³-hybridized carbons (Fsp3) is 0.250. The summed E-state index contributed by atoms with van der Waals surface area (Å²) in [5.74, 6) is 0.0409. The van der Waals surface area contributed by atoms with Crippen LogP contribution in [0.4, 0.5) is 5.69 Å². The first kappa shape index (κ1) is 11.3. The van der Waals surface area contributed by atoms with E-state index in [0.29, 0.717) is 0 Å². The number of rotatable bonds is 2. The van der Waals surface area contributed by atoms with Crippen LogP contribution in [0.1, 0.15) is 21.7 Å². The van der Waals surface area contributed by atoms with Crippen LogP contribution in [0.3, 0.4) is 0 Å². The maximum atomic E-state index is 12.0. The molecule has 0 atom stereocenters. The summed E-state index contributed by atoms with van der Waals surface area (Å²) in [4.78, 5) is 17.4. The third-order valence-electron chi connectivity index (χ3n) is 2.52. The highest BCUT2D eigenvalue weighted by Gasteiger charge is 2.16. The van der Waals surface area contributed by atoms with Crippen molar-refractivity contribution >= 4 is 11.6 Å². The largest absolute Gasteiger partial charge is 0.309 e. The van der Waals surface area contributed by atoms with Gasteiger partial charge in [0.05, 0.1) is 0 Å². The lowest BCUT2D eigenvalue weighted by Crippen LogP contribution is -2.27. The van der Waals surface area contributed by atoms with Crippen LogP contribution >= 0.6 is 0 Å².